The molecule has 0 saturated heterocycles. The molecule has 2 N–H and O–H groups in total. The standard InChI is InChI=1S/C13H16BrNO4/c1-13(2,3)15-11(16)7-19-10-6-8(12(17)18)4-5-9(10)14/h4-6H,7H2,1-3H3,(H,15,16)(H,17,18). The van der Waals surface area contributed by atoms with Crippen LogP contribution in [0.1, 0.15) is 31.1 Å². The van der Waals surface area contributed by atoms with Gasteiger partial charge in [-0.15, -0.1) is 0 Å². The van der Waals surface area contributed by atoms with Crippen LogP contribution in [0.4, 0.5) is 0 Å². The molecule has 0 aliphatic carbocycles. The van der Waals surface area contributed by atoms with Gasteiger partial charge in [-0.3, -0.25) is 4.79 Å². The Hall–Kier alpha value is -1.56. The van der Waals surface area contributed by atoms with Crippen molar-refractivity contribution in [3.8, 4) is 5.75 Å². The SMILES string of the molecule is CC(C)(C)NC(=O)COc1cc(C(=O)O)ccc1Br. The summed E-state index contributed by atoms with van der Waals surface area (Å²) in [4.78, 5) is 22.4. The third-order valence-corrected chi connectivity index (χ3v) is 2.71. The lowest BCUT2D eigenvalue weighted by atomic mass is 10.1. The highest BCUT2D eigenvalue weighted by Crippen LogP contribution is 2.26. The van der Waals surface area contributed by atoms with Gasteiger partial charge in [-0.1, -0.05) is 0 Å². The number of rotatable bonds is 4. The number of carboxylic acids is 1. The van der Waals surface area contributed by atoms with Gasteiger partial charge in [-0.2, -0.15) is 0 Å². The van der Waals surface area contributed by atoms with Crippen molar-refractivity contribution >= 4 is 27.8 Å². The van der Waals surface area contributed by atoms with Crippen molar-refractivity contribution in [3.05, 3.63) is 28.2 Å². The molecule has 0 aromatic heterocycles. The molecule has 0 unspecified atom stereocenters. The zero-order valence-electron chi connectivity index (χ0n) is 11.0. The van der Waals surface area contributed by atoms with Crippen LogP contribution in [-0.2, 0) is 4.79 Å². The van der Waals surface area contributed by atoms with Crippen LogP contribution < -0.4 is 10.1 Å². The van der Waals surface area contributed by atoms with E-state index in [1.165, 1.54) is 12.1 Å². The molecule has 0 atom stereocenters. The van der Waals surface area contributed by atoms with E-state index >= 15 is 0 Å². The van der Waals surface area contributed by atoms with Gasteiger partial charge in [0.2, 0.25) is 0 Å². The molecule has 0 aliphatic rings. The third-order valence-electron chi connectivity index (χ3n) is 2.05. The van der Waals surface area contributed by atoms with Crippen LogP contribution in [0.15, 0.2) is 22.7 Å². The van der Waals surface area contributed by atoms with Crippen molar-refractivity contribution in [1.29, 1.82) is 0 Å². The monoisotopic (exact) mass is 329 g/mol. The van der Waals surface area contributed by atoms with Gasteiger partial charge in [0.15, 0.2) is 6.61 Å². The second-order valence-corrected chi connectivity index (χ2v) is 5.89. The lowest BCUT2D eigenvalue weighted by Gasteiger charge is -2.20. The van der Waals surface area contributed by atoms with Gasteiger partial charge in [-0.05, 0) is 54.9 Å². The van der Waals surface area contributed by atoms with E-state index in [0.29, 0.717) is 10.2 Å². The number of carboxylic acid groups (broad SMARTS) is 1. The molecule has 0 heterocycles. The molecule has 1 amide bonds. The van der Waals surface area contributed by atoms with Gasteiger partial charge in [0.05, 0.1) is 10.0 Å². The number of nitrogens with one attached hydrogen (secondary N) is 1. The van der Waals surface area contributed by atoms with E-state index in [1.807, 2.05) is 20.8 Å². The number of benzene rings is 1. The van der Waals surface area contributed by atoms with Gasteiger partial charge in [-0.25, -0.2) is 4.79 Å². The van der Waals surface area contributed by atoms with Crippen molar-refractivity contribution < 1.29 is 19.4 Å². The van der Waals surface area contributed by atoms with Crippen LogP contribution in [0.5, 0.6) is 5.75 Å². The summed E-state index contributed by atoms with van der Waals surface area (Å²) >= 11 is 3.24. The molecule has 1 rings (SSSR count). The molecule has 0 aliphatic heterocycles. The quantitative estimate of drug-likeness (QED) is 0.889. The average Bonchev–Trinajstić information content (AvgIpc) is 2.25. The maximum atomic E-state index is 11.6. The first-order chi connectivity index (χ1) is 8.69. The summed E-state index contributed by atoms with van der Waals surface area (Å²) in [7, 11) is 0. The fourth-order valence-corrected chi connectivity index (χ4v) is 1.71. The summed E-state index contributed by atoms with van der Waals surface area (Å²) in [6, 6.07) is 4.39. The predicted octanol–water partition coefficient (Wildman–Crippen LogP) is 2.44. The van der Waals surface area contributed by atoms with E-state index in [-0.39, 0.29) is 23.6 Å². The second-order valence-electron chi connectivity index (χ2n) is 5.04. The molecule has 0 bridgehead atoms. The zero-order valence-corrected chi connectivity index (χ0v) is 12.6. The van der Waals surface area contributed by atoms with Crippen molar-refractivity contribution in [2.75, 3.05) is 6.61 Å². The van der Waals surface area contributed by atoms with Gasteiger partial charge < -0.3 is 15.2 Å². The maximum Gasteiger partial charge on any atom is 0.335 e. The zero-order chi connectivity index (χ0) is 14.6. The van der Waals surface area contributed by atoms with E-state index < -0.39 is 5.97 Å². The minimum Gasteiger partial charge on any atom is -0.483 e. The normalized spacial score (nSPS) is 10.9. The number of carbonyl (C=O) groups excluding carboxylic acids is 1. The van der Waals surface area contributed by atoms with Crippen molar-refractivity contribution in [2.24, 2.45) is 0 Å². The summed E-state index contributed by atoms with van der Waals surface area (Å²) < 4.78 is 5.91. The molecular weight excluding hydrogens is 314 g/mol. The number of carbonyl (C=O) groups is 2. The lowest BCUT2D eigenvalue weighted by Crippen LogP contribution is -2.43. The van der Waals surface area contributed by atoms with Crippen LogP contribution in [0.25, 0.3) is 0 Å². The Bertz CT molecular complexity index is 494. The second kappa shape index (κ2) is 6.06. The molecule has 1 aromatic rings. The van der Waals surface area contributed by atoms with Crippen LogP contribution in [0, 0.1) is 0 Å². The number of hydrogen-bond donors (Lipinski definition) is 2. The Balaban J connectivity index is 2.70. The van der Waals surface area contributed by atoms with Gasteiger partial charge >= 0.3 is 5.97 Å². The Morgan fingerprint density at radius 3 is 2.53 bits per heavy atom. The highest BCUT2D eigenvalue weighted by molar-refractivity contribution is 9.10. The molecule has 5 nitrogen and oxygen atoms in total. The summed E-state index contributed by atoms with van der Waals surface area (Å²) in [5.41, 5.74) is -0.227. The van der Waals surface area contributed by atoms with E-state index in [9.17, 15) is 9.59 Å². The van der Waals surface area contributed by atoms with Crippen LogP contribution in [0.2, 0.25) is 0 Å². The molecule has 6 heteroatoms. The van der Waals surface area contributed by atoms with Crippen LogP contribution in [-0.4, -0.2) is 29.1 Å². The molecule has 19 heavy (non-hydrogen) atoms. The Morgan fingerprint density at radius 1 is 1.37 bits per heavy atom. The summed E-state index contributed by atoms with van der Waals surface area (Å²) in [6.45, 7) is 5.43. The molecule has 1 aromatic carbocycles. The first-order valence-corrected chi connectivity index (χ1v) is 6.45. The number of amides is 1. The minimum absolute atomic E-state index is 0.106. The summed E-state index contributed by atoms with van der Waals surface area (Å²) in [5.74, 6) is -0.986. The highest BCUT2D eigenvalue weighted by Gasteiger charge is 2.15. The third kappa shape index (κ3) is 5.30. The molecular formula is C13H16BrNO4. The van der Waals surface area contributed by atoms with Gasteiger partial charge in [0, 0.05) is 5.54 Å². The summed E-state index contributed by atoms with van der Waals surface area (Å²) in [5, 5.41) is 11.6. The van der Waals surface area contributed by atoms with E-state index in [4.69, 9.17) is 9.84 Å². The highest BCUT2D eigenvalue weighted by atomic mass is 79.9. The van der Waals surface area contributed by atoms with Gasteiger partial charge in [0.25, 0.3) is 5.91 Å². The Labute approximate surface area is 120 Å². The topological polar surface area (TPSA) is 75.6 Å². The number of halogens is 1. The fraction of sp³-hybridized carbons (Fsp3) is 0.385. The smallest absolute Gasteiger partial charge is 0.335 e. The van der Waals surface area contributed by atoms with E-state index in [1.54, 1.807) is 6.07 Å². The van der Waals surface area contributed by atoms with Crippen molar-refractivity contribution in [3.63, 3.8) is 0 Å². The van der Waals surface area contributed by atoms with Crippen molar-refractivity contribution in [2.45, 2.75) is 26.3 Å². The molecule has 0 spiro atoms. The molecule has 0 radical (unpaired) electrons. The lowest BCUT2D eigenvalue weighted by molar-refractivity contribution is -0.124. The largest absolute Gasteiger partial charge is 0.483 e. The first kappa shape index (κ1) is 15.5. The van der Waals surface area contributed by atoms with E-state index in [2.05, 4.69) is 21.2 Å². The summed E-state index contributed by atoms with van der Waals surface area (Å²) in [6.07, 6.45) is 0. The van der Waals surface area contributed by atoms with Gasteiger partial charge in [0.1, 0.15) is 5.75 Å². The fourth-order valence-electron chi connectivity index (χ4n) is 1.34. The number of ether oxygens (including phenoxy) is 1. The van der Waals surface area contributed by atoms with E-state index in [0.717, 1.165) is 0 Å². The van der Waals surface area contributed by atoms with Crippen LogP contribution in [0.3, 0.4) is 0 Å². The van der Waals surface area contributed by atoms with Crippen molar-refractivity contribution in [1.82, 2.24) is 5.32 Å². The number of hydrogen-bond acceptors (Lipinski definition) is 3. The average molecular weight is 330 g/mol. The molecule has 0 fully saturated rings. The minimum atomic E-state index is -1.04. The molecule has 0 saturated carbocycles. The Kier molecular flexibility index (Phi) is 4.94. The first-order valence-electron chi connectivity index (χ1n) is 5.66. The van der Waals surface area contributed by atoms with Crippen LogP contribution >= 0.6 is 15.9 Å². The maximum absolute atomic E-state index is 11.6. The Morgan fingerprint density at radius 2 is 2.00 bits per heavy atom. The number of aromatic carboxylic acids is 1. The predicted molar refractivity (Wildman–Crippen MR) is 74.5 cm³/mol. The molecule has 104 valence electrons.